The molecular formula is C47H34N2. The Morgan fingerprint density at radius 1 is 0.367 bits per heavy atom. The first kappa shape index (κ1) is 29.1. The van der Waals surface area contributed by atoms with Crippen molar-refractivity contribution in [3.63, 3.8) is 0 Å². The Balaban J connectivity index is 1.30. The van der Waals surface area contributed by atoms with E-state index in [1.807, 2.05) is 24.3 Å². The second-order valence-electron chi connectivity index (χ2n) is 13.5. The predicted molar refractivity (Wildman–Crippen MR) is 204 cm³/mol. The van der Waals surface area contributed by atoms with Crippen LogP contribution in [0.5, 0.6) is 0 Å². The van der Waals surface area contributed by atoms with E-state index in [0.29, 0.717) is 5.82 Å². The summed E-state index contributed by atoms with van der Waals surface area (Å²) in [7, 11) is 0. The predicted octanol–water partition coefficient (Wildman–Crippen LogP) is 12.3. The fourth-order valence-corrected chi connectivity index (χ4v) is 7.51. The number of benzene rings is 7. The van der Waals surface area contributed by atoms with E-state index in [-0.39, 0.29) is 5.41 Å². The molecule has 1 heterocycles. The van der Waals surface area contributed by atoms with Crippen molar-refractivity contribution < 1.29 is 0 Å². The second-order valence-corrected chi connectivity index (χ2v) is 13.5. The minimum Gasteiger partial charge on any atom is -0.228 e. The van der Waals surface area contributed by atoms with Crippen LogP contribution >= 0.6 is 0 Å². The van der Waals surface area contributed by atoms with Crippen molar-refractivity contribution in [2.45, 2.75) is 19.3 Å². The Kier molecular flexibility index (Phi) is 6.84. The molecule has 9 rings (SSSR count). The highest BCUT2D eigenvalue weighted by molar-refractivity contribution is 5.99. The third-order valence-corrected chi connectivity index (χ3v) is 10.0. The van der Waals surface area contributed by atoms with Crippen LogP contribution < -0.4 is 0 Å². The van der Waals surface area contributed by atoms with Gasteiger partial charge in [0.25, 0.3) is 0 Å². The molecule has 0 spiro atoms. The Morgan fingerprint density at radius 3 is 1.61 bits per heavy atom. The van der Waals surface area contributed by atoms with Crippen LogP contribution in [0, 0.1) is 0 Å². The molecule has 8 aromatic rings. The number of fused-ring (bicyclic) bond motifs is 4. The molecule has 0 aliphatic heterocycles. The van der Waals surface area contributed by atoms with Crippen LogP contribution in [0.2, 0.25) is 0 Å². The highest BCUT2D eigenvalue weighted by Gasteiger charge is 2.37. The van der Waals surface area contributed by atoms with Crippen molar-refractivity contribution in [3.05, 3.63) is 181 Å². The van der Waals surface area contributed by atoms with E-state index in [9.17, 15) is 0 Å². The lowest BCUT2D eigenvalue weighted by molar-refractivity contribution is 0.661. The topological polar surface area (TPSA) is 25.8 Å². The number of aromatic nitrogens is 2. The fourth-order valence-electron chi connectivity index (χ4n) is 7.51. The van der Waals surface area contributed by atoms with Crippen LogP contribution in [0.25, 0.3) is 78.1 Å². The third-order valence-electron chi connectivity index (χ3n) is 10.0. The van der Waals surface area contributed by atoms with E-state index < -0.39 is 0 Å². The molecule has 0 fully saturated rings. The zero-order chi connectivity index (χ0) is 33.0. The summed E-state index contributed by atoms with van der Waals surface area (Å²) in [6, 6.07) is 60.7. The number of rotatable bonds is 5. The summed E-state index contributed by atoms with van der Waals surface area (Å²) >= 11 is 0. The molecule has 0 atom stereocenters. The maximum atomic E-state index is 5.22. The average Bonchev–Trinajstić information content (AvgIpc) is 3.39. The van der Waals surface area contributed by atoms with Gasteiger partial charge in [-0.15, -0.1) is 0 Å². The Morgan fingerprint density at radius 2 is 0.918 bits per heavy atom. The first-order valence-corrected chi connectivity index (χ1v) is 16.9. The van der Waals surface area contributed by atoms with E-state index in [0.717, 1.165) is 33.6 Å². The SMILES string of the molecule is CC1(C)c2cc3ccccc3cc2-c2c(-c3cc(-c4ccccc4)cc(-c4cc(-c5ccccc5)nc(-c5ccccc5)n4)c3)cccc21. The van der Waals surface area contributed by atoms with E-state index in [1.165, 1.54) is 49.7 Å². The van der Waals surface area contributed by atoms with Gasteiger partial charge in [0, 0.05) is 22.1 Å². The van der Waals surface area contributed by atoms with Gasteiger partial charge >= 0.3 is 0 Å². The molecule has 49 heavy (non-hydrogen) atoms. The van der Waals surface area contributed by atoms with Gasteiger partial charge in [-0.25, -0.2) is 9.97 Å². The van der Waals surface area contributed by atoms with Gasteiger partial charge in [-0.05, 0) is 91.7 Å². The fraction of sp³-hybridized carbons (Fsp3) is 0.0638. The van der Waals surface area contributed by atoms with Crippen LogP contribution in [0.4, 0.5) is 0 Å². The first-order chi connectivity index (χ1) is 24.0. The molecule has 0 saturated heterocycles. The molecule has 1 aliphatic rings. The monoisotopic (exact) mass is 626 g/mol. The summed E-state index contributed by atoms with van der Waals surface area (Å²) in [6.45, 7) is 4.72. The molecule has 232 valence electrons. The normalized spacial score (nSPS) is 12.9. The quantitative estimate of drug-likeness (QED) is 0.190. The van der Waals surface area contributed by atoms with E-state index >= 15 is 0 Å². The minimum absolute atomic E-state index is 0.119. The van der Waals surface area contributed by atoms with Crippen LogP contribution in [0.15, 0.2) is 170 Å². The lowest BCUT2D eigenvalue weighted by atomic mass is 9.81. The first-order valence-electron chi connectivity index (χ1n) is 16.9. The number of hydrogen-bond acceptors (Lipinski definition) is 2. The molecule has 0 amide bonds. The van der Waals surface area contributed by atoms with Crippen molar-refractivity contribution >= 4 is 10.8 Å². The van der Waals surface area contributed by atoms with E-state index in [2.05, 4.69) is 159 Å². The molecule has 0 radical (unpaired) electrons. The summed E-state index contributed by atoms with van der Waals surface area (Å²) in [5.74, 6) is 0.715. The molecule has 0 unspecified atom stereocenters. The second kappa shape index (κ2) is 11.5. The zero-order valence-corrected chi connectivity index (χ0v) is 27.6. The summed E-state index contributed by atoms with van der Waals surface area (Å²) in [5, 5.41) is 2.55. The zero-order valence-electron chi connectivity index (χ0n) is 27.6. The lowest BCUT2D eigenvalue weighted by Gasteiger charge is -2.22. The van der Waals surface area contributed by atoms with Gasteiger partial charge < -0.3 is 0 Å². The van der Waals surface area contributed by atoms with Crippen molar-refractivity contribution in [1.82, 2.24) is 9.97 Å². The van der Waals surface area contributed by atoms with Gasteiger partial charge in [0.15, 0.2) is 5.82 Å². The summed E-state index contributed by atoms with van der Waals surface area (Å²) in [6.07, 6.45) is 0. The van der Waals surface area contributed by atoms with Crippen molar-refractivity contribution in [2.75, 3.05) is 0 Å². The third kappa shape index (κ3) is 5.05. The van der Waals surface area contributed by atoms with Gasteiger partial charge in [-0.3, -0.25) is 0 Å². The summed E-state index contributed by atoms with van der Waals surface area (Å²) in [4.78, 5) is 10.3. The summed E-state index contributed by atoms with van der Waals surface area (Å²) < 4.78 is 0. The van der Waals surface area contributed by atoms with Crippen molar-refractivity contribution in [1.29, 1.82) is 0 Å². The van der Waals surface area contributed by atoms with Crippen LogP contribution in [-0.2, 0) is 5.41 Å². The van der Waals surface area contributed by atoms with Gasteiger partial charge in [0.1, 0.15) is 0 Å². The Hall–Kier alpha value is -6.12. The molecule has 7 aromatic carbocycles. The molecule has 1 aliphatic carbocycles. The number of nitrogens with zero attached hydrogens (tertiary/aromatic N) is 2. The van der Waals surface area contributed by atoms with Crippen molar-refractivity contribution in [2.24, 2.45) is 0 Å². The van der Waals surface area contributed by atoms with Crippen LogP contribution in [0.1, 0.15) is 25.0 Å². The molecule has 0 saturated carbocycles. The number of hydrogen-bond donors (Lipinski definition) is 0. The van der Waals surface area contributed by atoms with E-state index in [4.69, 9.17) is 9.97 Å². The van der Waals surface area contributed by atoms with Crippen molar-refractivity contribution in [3.8, 4) is 67.3 Å². The van der Waals surface area contributed by atoms with Crippen LogP contribution in [0.3, 0.4) is 0 Å². The Labute approximate surface area is 287 Å². The van der Waals surface area contributed by atoms with Gasteiger partial charge in [0.2, 0.25) is 0 Å². The maximum absolute atomic E-state index is 5.22. The molecule has 2 nitrogen and oxygen atoms in total. The molecular weight excluding hydrogens is 593 g/mol. The summed E-state index contributed by atoms with van der Waals surface area (Å²) in [5.41, 5.74) is 14.9. The minimum atomic E-state index is -0.119. The van der Waals surface area contributed by atoms with Crippen LogP contribution in [-0.4, -0.2) is 9.97 Å². The van der Waals surface area contributed by atoms with E-state index in [1.54, 1.807) is 0 Å². The van der Waals surface area contributed by atoms with Gasteiger partial charge in [0.05, 0.1) is 11.4 Å². The Bertz CT molecular complexity index is 2440. The highest BCUT2D eigenvalue weighted by Crippen LogP contribution is 2.53. The van der Waals surface area contributed by atoms with Gasteiger partial charge in [-0.1, -0.05) is 147 Å². The maximum Gasteiger partial charge on any atom is 0.160 e. The molecule has 0 bridgehead atoms. The largest absolute Gasteiger partial charge is 0.228 e. The molecule has 1 aromatic heterocycles. The molecule has 2 heteroatoms. The average molecular weight is 627 g/mol. The lowest BCUT2D eigenvalue weighted by Crippen LogP contribution is -2.14. The van der Waals surface area contributed by atoms with Gasteiger partial charge in [-0.2, -0.15) is 0 Å². The standard InChI is InChI=1S/C47H34N2/c1-47(2)41-24-14-23-39(45(41)40-28-34-21-12-13-22-35(34)29-42(40)47)37-25-36(31-15-6-3-7-16-31)26-38(27-37)44-30-43(32-17-8-4-9-18-32)48-46(49-44)33-19-10-5-11-20-33/h3-30H,1-2H3. The molecule has 0 N–H and O–H groups in total. The smallest absolute Gasteiger partial charge is 0.160 e. The highest BCUT2D eigenvalue weighted by atomic mass is 14.9.